The van der Waals surface area contributed by atoms with Crippen LogP contribution in [0.1, 0.15) is 31.9 Å². The normalized spacial score (nSPS) is 11.2. The van der Waals surface area contributed by atoms with Crippen LogP contribution in [0.5, 0.6) is 11.5 Å². The minimum atomic E-state index is -0.336. The molecule has 158 valence electrons. The molecule has 7 heteroatoms. The highest BCUT2D eigenvalue weighted by molar-refractivity contribution is 6.32. The molecule has 0 aliphatic carbocycles. The molecule has 0 radical (unpaired) electrons. The SMILES string of the molecule is COc1cc(CNCCc2ccc(F)cc2)cc(Cl)c1OCC(=O)NC(C)(C)C. The van der Waals surface area contributed by atoms with Gasteiger partial charge in [-0.3, -0.25) is 4.79 Å². The number of hydrogen-bond donors (Lipinski definition) is 2. The maximum Gasteiger partial charge on any atom is 0.258 e. The van der Waals surface area contributed by atoms with Gasteiger partial charge in [0, 0.05) is 12.1 Å². The van der Waals surface area contributed by atoms with E-state index in [0.717, 1.165) is 24.1 Å². The maximum atomic E-state index is 12.9. The molecule has 0 aromatic heterocycles. The van der Waals surface area contributed by atoms with E-state index in [4.69, 9.17) is 21.1 Å². The first-order chi connectivity index (χ1) is 13.7. The molecule has 0 heterocycles. The molecular formula is C22H28ClFN2O3. The summed E-state index contributed by atoms with van der Waals surface area (Å²) >= 11 is 6.35. The molecular weight excluding hydrogens is 395 g/mol. The number of benzene rings is 2. The Labute approximate surface area is 176 Å². The number of nitrogens with one attached hydrogen (secondary N) is 2. The number of amides is 1. The lowest BCUT2D eigenvalue weighted by molar-refractivity contribution is -0.124. The third-order valence-corrected chi connectivity index (χ3v) is 4.26. The highest BCUT2D eigenvalue weighted by Crippen LogP contribution is 2.36. The number of hydrogen-bond acceptors (Lipinski definition) is 4. The molecule has 5 nitrogen and oxygen atoms in total. The van der Waals surface area contributed by atoms with Gasteiger partial charge in [-0.15, -0.1) is 0 Å². The van der Waals surface area contributed by atoms with Crippen molar-refractivity contribution in [2.24, 2.45) is 0 Å². The van der Waals surface area contributed by atoms with Crippen LogP contribution < -0.4 is 20.1 Å². The minimum absolute atomic E-state index is 0.150. The Morgan fingerprint density at radius 1 is 1.14 bits per heavy atom. The van der Waals surface area contributed by atoms with Crippen LogP contribution in [0.3, 0.4) is 0 Å². The summed E-state index contributed by atoms with van der Waals surface area (Å²) in [5.41, 5.74) is 1.65. The maximum absolute atomic E-state index is 12.9. The first kappa shape index (κ1) is 23.0. The number of carbonyl (C=O) groups is 1. The summed E-state index contributed by atoms with van der Waals surface area (Å²) in [7, 11) is 1.53. The van der Waals surface area contributed by atoms with Crippen LogP contribution in [0.2, 0.25) is 5.02 Å². The van der Waals surface area contributed by atoms with Crippen LogP contribution in [-0.2, 0) is 17.8 Å². The molecule has 0 aliphatic heterocycles. The van der Waals surface area contributed by atoms with E-state index < -0.39 is 0 Å². The molecule has 0 fully saturated rings. The number of carbonyl (C=O) groups excluding carboxylic acids is 1. The average molecular weight is 423 g/mol. The Balaban J connectivity index is 1.91. The molecule has 0 bridgehead atoms. The Morgan fingerprint density at radius 3 is 2.45 bits per heavy atom. The summed E-state index contributed by atoms with van der Waals surface area (Å²) < 4.78 is 23.9. The predicted octanol–water partition coefficient (Wildman–Crippen LogP) is 4.11. The summed E-state index contributed by atoms with van der Waals surface area (Å²) in [5.74, 6) is 0.341. The van der Waals surface area contributed by atoms with Crippen molar-refractivity contribution in [2.75, 3.05) is 20.3 Å². The van der Waals surface area contributed by atoms with Crippen molar-refractivity contribution in [1.82, 2.24) is 10.6 Å². The van der Waals surface area contributed by atoms with Crippen molar-refractivity contribution < 1.29 is 18.7 Å². The van der Waals surface area contributed by atoms with E-state index in [1.165, 1.54) is 19.2 Å². The lowest BCUT2D eigenvalue weighted by Gasteiger charge is -2.21. The summed E-state index contributed by atoms with van der Waals surface area (Å²) in [6, 6.07) is 10.1. The zero-order valence-corrected chi connectivity index (χ0v) is 18.0. The summed E-state index contributed by atoms with van der Waals surface area (Å²) in [5, 5.41) is 6.53. The van der Waals surface area contributed by atoms with Crippen LogP contribution in [0, 0.1) is 5.82 Å². The van der Waals surface area contributed by atoms with Crippen LogP contribution in [0.4, 0.5) is 4.39 Å². The van der Waals surface area contributed by atoms with Crippen molar-refractivity contribution >= 4 is 17.5 Å². The van der Waals surface area contributed by atoms with Crippen molar-refractivity contribution in [3.63, 3.8) is 0 Å². The quantitative estimate of drug-likeness (QED) is 0.597. The van der Waals surface area contributed by atoms with Gasteiger partial charge in [0.25, 0.3) is 5.91 Å². The largest absolute Gasteiger partial charge is 0.493 e. The van der Waals surface area contributed by atoms with Crippen molar-refractivity contribution in [3.8, 4) is 11.5 Å². The van der Waals surface area contributed by atoms with Gasteiger partial charge in [-0.1, -0.05) is 23.7 Å². The third kappa shape index (κ3) is 7.91. The van der Waals surface area contributed by atoms with Gasteiger partial charge in [-0.05, 0) is 69.1 Å². The summed E-state index contributed by atoms with van der Waals surface area (Å²) in [4.78, 5) is 12.0. The van der Waals surface area contributed by atoms with Crippen molar-refractivity contribution in [2.45, 2.75) is 39.3 Å². The summed E-state index contributed by atoms with van der Waals surface area (Å²) in [6.45, 7) is 6.87. The van der Waals surface area contributed by atoms with Gasteiger partial charge in [0.1, 0.15) is 5.82 Å². The molecule has 1 amide bonds. The molecule has 29 heavy (non-hydrogen) atoms. The molecule has 0 saturated heterocycles. The number of ether oxygens (including phenoxy) is 2. The van der Waals surface area contributed by atoms with Gasteiger partial charge in [-0.25, -0.2) is 4.39 Å². The van der Waals surface area contributed by atoms with Crippen LogP contribution in [0.15, 0.2) is 36.4 Å². The molecule has 2 aromatic carbocycles. The smallest absolute Gasteiger partial charge is 0.258 e. The second kappa shape index (κ2) is 10.5. The van der Waals surface area contributed by atoms with Crippen molar-refractivity contribution in [1.29, 1.82) is 0 Å². The van der Waals surface area contributed by atoms with E-state index in [1.54, 1.807) is 18.2 Å². The lowest BCUT2D eigenvalue weighted by Crippen LogP contribution is -2.43. The molecule has 2 rings (SSSR count). The number of methoxy groups -OCH3 is 1. The van der Waals surface area contributed by atoms with Gasteiger partial charge in [0.2, 0.25) is 0 Å². The van der Waals surface area contributed by atoms with E-state index in [9.17, 15) is 9.18 Å². The van der Waals surface area contributed by atoms with Gasteiger partial charge in [0.15, 0.2) is 18.1 Å². The van der Waals surface area contributed by atoms with Crippen LogP contribution in [-0.4, -0.2) is 31.7 Å². The Bertz CT molecular complexity index is 820. The highest BCUT2D eigenvalue weighted by atomic mass is 35.5. The molecule has 2 aromatic rings. The predicted molar refractivity (Wildman–Crippen MR) is 113 cm³/mol. The van der Waals surface area contributed by atoms with Gasteiger partial charge >= 0.3 is 0 Å². The van der Waals surface area contributed by atoms with Crippen LogP contribution in [0.25, 0.3) is 0 Å². The van der Waals surface area contributed by atoms with E-state index in [0.29, 0.717) is 23.1 Å². The molecule has 0 unspecified atom stereocenters. The fourth-order valence-electron chi connectivity index (χ4n) is 2.72. The zero-order chi connectivity index (χ0) is 21.4. The second-order valence-corrected chi connectivity index (χ2v) is 8.16. The molecule has 0 saturated carbocycles. The monoisotopic (exact) mass is 422 g/mol. The molecule has 0 atom stereocenters. The van der Waals surface area contributed by atoms with E-state index in [1.807, 2.05) is 26.8 Å². The Morgan fingerprint density at radius 2 is 1.83 bits per heavy atom. The van der Waals surface area contributed by atoms with Crippen molar-refractivity contribution in [3.05, 3.63) is 58.4 Å². The Kier molecular flexibility index (Phi) is 8.29. The molecule has 0 aliphatic rings. The van der Waals surface area contributed by atoms with E-state index >= 15 is 0 Å². The number of halogens is 2. The lowest BCUT2D eigenvalue weighted by atomic mass is 10.1. The van der Waals surface area contributed by atoms with Crippen LogP contribution >= 0.6 is 11.6 Å². The standard InChI is InChI=1S/C22H28ClFN2O3/c1-22(2,3)26-20(27)14-29-21-18(23)11-16(12-19(21)28-4)13-25-10-9-15-5-7-17(24)8-6-15/h5-8,11-12,25H,9-10,13-14H2,1-4H3,(H,26,27). The second-order valence-electron chi connectivity index (χ2n) is 7.75. The molecule has 0 spiro atoms. The fourth-order valence-corrected chi connectivity index (χ4v) is 3.01. The topological polar surface area (TPSA) is 59.6 Å². The van der Waals surface area contributed by atoms with Gasteiger partial charge in [0.05, 0.1) is 12.1 Å². The van der Waals surface area contributed by atoms with Gasteiger partial charge < -0.3 is 20.1 Å². The fraction of sp³-hybridized carbons (Fsp3) is 0.409. The third-order valence-electron chi connectivity index (χ3n) is 3.98. The number of rotatable bonds is 9. The highest BCUT2D eigenvalue weighted by Gasteiger charge is 2.17. The zero-order valence-electron chi connectivity index (χ0n) is 17.3. The Hall–Kier alpha value is -2.31. The first-order valence-electron chi connectivity index (χ1n) is 9.43. The summed E-state index contributed by atoms with van der Waals surface area (Å²) in [6.07, 6.45) is 0.787. The van der Waals surface area contributed by atoms with E-state index in [2.05, 4.69) is 10.6 Å². The van der Waals surface area contributed by atoms with E-state index in [-0.39, 0.29) is 23.9 Å². The average Bonchev–Trinajstić information content (AvgIpc) is 2.64. The molecule has 2 N–H and O–H groups in total. The first-order valence-corrected chi connectivity index (χ1v) is 9.81. The van der Waals surface area contributed by atoms with Gasteiger partial charge in [-0.2, -0.15) is 0 Å². The minimum Gasteiger partial charge on any atom is -0.493 e.